The Balaban J connectivity index is 2.13. The number of methoxy groups -OCH3 is 1. The van der Waals surface area contributed by atoms with E-state index in [1.165, 1.54) is 19.2 Å². The molecule has 0 heterocycles. The fourth-order valence-electron chi connectivity index (χ4n) is 2.16. The second kappa shape index (κ2) is 4.22. The van der Waals surface area contributed by atoms with E-state index in [2.05, 4.69) is 4.74 Å². The van der Waals surface area contributed by atoms with Gasteiger partial charge in [0.05, 0.1) is 7.11 Å². The summed E-state index contributed by atoms with van der Waals surface area (Å²) >= 11 is 0. The number of ether oxygens (including phenoxy) is 1. The van der Waals surface area contributed by atoms with Gasteiger partial charge in [-0.1, -0.05) is 6.07 Å². The Hall–Kier alpha value is -1.42. The van der Waals surface area contributed by atoms with Crippen molar-refractivity contribution in [1.29, 1.82) is 0 Å². The Labute approximate surface area is 92.9 Å². The Kier molecular flexibility index (Phi) is 2.92. The third kappa shape index (κ3) is 1.93. The van der Waals surface area contributed by atoms with Crippen molar-refractivity contribution in [2.75, 3.05) is 7.11 Å². The van der Waals surface area contributed by atoms with Crippen molar-refractivity contribution in [1.82, 2.24) is 0 Å². The van der Waals surface area contributed by atoms with Crippen molar-refractivity contribution in [2.24, 2.45) is 5.92 Å². The van der Waals surface area contributed by atoms with Gasteiger partial charge in [-0.05, 0) is 36.1 Å². The van der Waals surface area contributed by atoms with E-state index in [1.807, 2.05) is 0 Å². The average molecular weight is 224 g/mol. The summed E-state index contributed by atoms with van der Waals surface area (Å²) in [6, 6.07) is 4.56. The summed E-state index contributed by atoms with van der Waals surface area (Å²) in [5, 5.41) is 9.69. The van der Waals surface area contributed by atoms with Crippen LogP contribution >= 0.6 is 0 Å². The second-order valence-corrected chi connectivity index (χ2v) is 4.05. The molecule has 0 fully saturated rings. The summed E-state index contributed by atoms with van der Waals surface area (Å²) in [5.41, 5.74) is 1.86. The average Bonchev–Trinajstić information content (AvgIpc) is 2.69. The lowest BCUT2D eigenvalue weighted by molar-refractivity contribution is -0.153. The smallest absolute Gasteiger partial charge is 0.334 e. The lowest BCUT2D eigenvalue weighted by Crippen LogP contribution is -2.31. The number of esters is 1. The molecule has 0 saturated heterocycles. The van der Waals surface area contributed by atoms with Crippen LogP contribution in [0, 0.1) is 11.7 Å². The standard InChI is InChI=1S/C12H13FO3/c1-16-12(15)11(14)9-4-7-2-3-10(13)6-8(7)5-9/h2-3,6,9,11,14H,4-5H2,1H3. The van der Waals surface area contributed by atoms with Crippen LogP contribution < -0.4 is 0 Å². The topological polar surface area (TPSA) is 46.5 Å². The molecule has 0 amide bonds. The van der Waals surface area contributed by atoms with Crippen LogP contribution in [0.5, 0.6) is 0 Å². The highest BCUT2D eigenvalue weighted by atomic mass is 19.1. The summed E-state index contributed by atoms with van der Waals surface area (Å²) in [7, 11) is 1.24. The Morgan fingerprint density at radius 1 is 1.50 bits per heavy atom. The van der Waals surface area contributed by atoms with Crippen molar-refractivity contribution >= 4 is 5.97 Å². The summed E-state index contributed by atoms with van der Waals surface area (Å²) in [6.45, 7) is 0. The molecule has 2 rings (SSSR count). The summed E-state index contributed by atoms with van der Waals surface area (Å²) < 4.78 is 17.4. The molecular weight excluding hydrogens is 211 g/mol. The van der Waals surface area contributed by atoms with Crippen LogP contribution in [-0.4, -0.2) is 24.3 Å². The van der Waals surface area contributed by atoms with Crippen LogP contribution in [0.15, 0.2) is 18.2 Å². The number of carbonyl (C=O) groups is 1. The highest BCUT2D eigenvalue weighted by molar-refractivity contribution is 5.74. The van der Waals surface area contributed by atoms with E-state index in [4.69, 9.17) is 0 Å². The number of halogens is 1. The SMILES string of the molecule is COC(=O)C(O)C1Cc2ccc(F)cc2C1. The first kappa shape index (κ1) is 11.1. The highest BCUT2D eigenvalue weighted by Crippen LogP contribution is 2.29. The summed E-state index contributed by atoms with van der Waals surface area (Å²) in [4.78, 5) is 11.2. The van der Waals surface area contributed by atoms with Crippen molar-refractivity contribution in [2.45, 2.75) is 18.9 Å². The fraction of sp³-hybridized carbons (Fsp3) is 0.417. The van der Waals surface area contributed by atoms with Gasteiger partial charge in [0.1, 0.15) is 5.82 Å². The number of benzene rings is 1. The van der Waals surface area contributed by atoms with Gasteiger partial charge in [-0.25, -0.2) is 9.18 Å². The zero-order valence-corrected chi connectivity index (χ0v) is 8.94. The molecule has 1 aliphatic rings. The molecule has 0 saturated carbocycles. The van der Waals surface area contributed by atoms with Crippen LogP contribution in [0.2, 0.25) is 0 Å². The minimum absolute atomic E-state index is 0.204. The molecule has 1 aromatic rings. The maximum atomic E-state index is 13.0. The molecule has 0 radical (unpaired) electrons. The van der Waals surface area contributed by atoms with Crippen molar-refractivity contribution in [3.63, 3.8) is 0 Å². The van der Waals surface area contributed by atoms with Gasteiger partial charge in [-0.15, -0.1) is 0 Å². The van der Waals surface area contributed by atoms with Gasteiger partial charge in [-0.3, -0.25) is 0 Å². The molecule has 3 nitrogen and oxygen atoms in total. The Morgan fingerprint density at radius 3 is 2.88 bits per heavy atom. The molecule has 2 unspecified atom stereocenters. The van der Waals surface area contributed by atoms with Gasteiger partial charge < -0.3 is 9.84 Å². The predicted octanol–water partition coefficient (Wildman–Crippen LogP) is 1.07. The van der Waals surface area contributed by atoms with E-state index in [0.717, 1.165) is 11.1 Å². The number of aliphatic hydroxyl groups is 1. The number of fused-ring (bicyclic) bond motifs is 1. The Morgan fingerprint density at radius 2 is 2.19 bits per heavy atom. The molecule has 0 bridgehead atoms. The van der Waals surface area contributed by atoms with Gasteiger partial charge in [0, 0.05) is 5.92 Å². The first-order chi connectivity index (χ1) is 7.61. The molecule has 0 aliphatic heterocycles. The minimum Gasteiger partial charge on any atom is -0.467 e. The molecule has 1 aliphatic carbocycles. The minimum atomic E-state index is -1.12. The van der Waals surface area contributed by atoms with Crippen LogP contribution in [0.3, 0.4) is 0 Å². The zero-order valence-electron chi connectivity index (χ0n) is 8.94. The normalized spacial score (nSPS) is 20.3. The fourth-order valence-corrected chi connectivity index (χ4v) is 2.16. The Bertz CT molecular complexity index is 417. The summed E-state index contributed by atoms with van der Waals surface area (Å²) in [5.74, 6) is -1.12. The quantitative estimate of drug-likeness (QED) is 0.764. The van der Waals surface area contributed by atoms with Gasteiger partial charge in [-0.2, -0.15) is 0 Å². The number of rotatable bonds is 2. The van der Waals surface area contributed by atoms with E-state index >= 15 is 0 Å². The molecule has 16 heavy (non-hydrogen) atoms. The third-order valence-corrected chi connectivity index (χ3v) is 3.02. The maximum Gasteiger partial charge on any atom is 0.334 e. The number of aliphatic hydroxyl groups excluding tert-OH is 1. The summed E-state index contributed by atoms with van der Waals surface area (Å²) in [6.07, 6.45) is -0.0182. The molecule has 0 spiro atoms. The molecule has 2 atom stereocenters. The first-order valence-electron chi connectivity index (χ1n) is 5.15. The predicted molar refractivity (Wildman–Crippen MR) is 55.3 cm³/mol. The largest absolute Gasteiger partial charge is 0.467 e. The van der Waals surface area contributed by atoms with E-state index in [1.54, 1.807) is 6.07 Å². The van der Waals surface area contributed by atoms with Crippen LogP contribution in [0.4, 0.5) is 4.39 Å². The maximum absolute atomic E-state index is 13.0. The first-order valence-corrected chi connectivity index (χ1v) is 5.15. The van der Waals surface area contributed by atoms with Gasteiger partial charge in [0.2, 0.25) is 0 Å². The molecule has 1 aromatic carbocycles. The van der Waals surface area contributed by atoms with Crippen LogP contribution in [0.1, 0.15) is 11.1 Å². The number of hydrogen-bond acceptors (Lipinski definition) is 3. The molecule has 0 aromatic heterocycles. The monoisotopic (exact) mass is 224 g/mol. The lowest BCUT2D eigenvalue weighted by atomic mass is 9.99. The van der Waals surface area contributed by atoms with E-state index in [9.17, 15) is 14.3 Å². The molecular formula is C12H13FO3. The number of hydrogen-bond donors (Lipinski definition) is 1. The van der Waals surface area contributed by atoms with Gasteiger partial charge >= 0.3 is 5.97 Å². The molecule has 4 heteroatoms. The van der Waals surface area contributed by atoms with Gasteiger partial charge in [0.15, 0.2) is 6.10 Å². The van der Waals surface area contributed by atoms with Crippen molar-refractivity contribution < 1.29 is 19.0 Å². The number of carbonyl (C=O) groups excluding carboxylic acids is 1. The van der Waals surface area contributed by atoms with E-state index in [-0.39, 0.29) is 11.7 Å². The van der Waals surface area contributed by atoms with E-state index in [0.29, 0.717) is 12.8 Å². The molecule has 86 valence electrons. The van der Waals surface area contributed by atoms with Gasteiger partial charge in [0.25, 0.3) is 0 Å². The van der Waals surface area contributed by atoms with Crippen LogP contribution in [-0.2, 0) is 22.4 Å². The molecule has 1 N–H and O–H groups in total. The second-order valence-electron chi connectivity index (χ2n) is 4.05. The van der Waals surface area contributed by atoms with Crippen LogP contribution in [0.25, 0.3) is 0 Å². The van der Waals surface area contributed by atoms with E-state index < -0.39 is 12.1 Å². The third-order valence-electron chi connectivity index (χ3n) is 3.02. The highest BCUT2D eigenvalue weighted by Gasteiger charge is 2.32. The van der Waals surface area contributed by atoms with Crippen molar-refractivity contribution in [3.05, 3.63) is 35.1 Å². The zero-order chi connectivity index (χ0) is 11.7. The lowest BCUT2D eigenvalue weighted by Gasteiger charge is -2.14. The van der Waals surface area contributed by atoms with Crippen molar-refractivity contribution in [3.8, 4) is 0 Å².